The second-order valence-corrected chi connectivity index (χ2v) is 8.02. The summed E-state index contributed by atoms with van der Waals surface area (Å²) in [6.45, 7) is 3.86. The van der Waals surface area contributed by atoms with Crippen LogP contribution in [-0.2, 0) is 11.2 Å². The molecule has 1 aromatic carbocycles. The van der Waals surface area contributed by atoms with E-state index in [1.54, 1.807) is 0 Å². The molecule has 1 fully saturated rings. The quantitative estimate of drug-likeness (QED) is 0.665. The number of carbonyl (C=O) groups is 1. The Morgan fingerprint density at radius 2 is 2.04 bits per heavy atom. The lowest BCUT2D eigenvalue weighted by Gasteiger charge is -2.35. The van der Waals surface area contributed by atoms with Gasteiger partial charge in [0, 0.05) is 25.2 Å². The highest BCUT2D eigenvalue weighted by Gasteiger charge is 2.39. The standard InChI is InChI=1S/C20H21ClN6O/c1-13-5-4-10-25(12-13)19(28)16-11-14-6-2-3-7-15(14)26(16)18-9-8-17-22-23-20(21)27(17)24-18/h2-3,6-9,13,16H,4-5,10-12H2,1H3. The predicted octanol–water partition coefficient (Wildman–Crippen LogP) is 3.10. The largest absolute Gasteiger partial charge is 0.341 e. The summed E-state index contributed by atoms with van der Waals surface area (Å²) in [5.74, 6) is 1.38. The van der Waals surface area contributed by atoms with Crippen LogP contribution in [0.25, 0.3) is 5.65 Å². The minimum absolute atomic E-state index is 0.166. The Morgan fingerprint density at radius 3 is 2.89 bits per heavy atom. The molecule has 0 aliphatic carbocycles. The molecule has 0 saturated carbocycles. The fourth-order valence-corrected chi connectivity index (χ4v) is 4.51. The number of para-hydroxylation sites is 1. The molecule has 1 saturated heterocycles. The van der Waals surface area contributed by atoms with Gasteiger partial charge in [-0.15, -0.1) is 15.3 Å². The van der Waals surface area contributed by atoms with Crippen molar-refractivity contribution >= 4 is 34.7 Å². The van der Waals surface area contributed by atoms with E-state index < -0.39 is 0 Å². The molecule has 2 unspecified atom stereocenters. The Morgan fingerprint density at radius 1 is 1.18 bits per heavy atom. The molecule has 4 heterocycles. The maximum atomic E-state index is 13.5. The first-order valence-corrected chi connectivity index (χ1v) is 10.0. The summed E-state index contributed by atoms with van der Waals surface area (Å²) in [6, 6.07) is 11.5. The minimum atomic E-state index is -0.303. The van der Waals surface area contributed by atoms with E-state index in [-0.39, 0.29) is 17.2 Å². The van der Waals surface area contributed by atoms with Crippen molar-refractivity contribution in [2.45, 2.75) is 32.2 Å². The molecule has 5 rings (SSSR count). The molecule has 0 radical (unpaired) electrons. The van der Waals surface area contributed by atoms with Crippen LogP contribution in [0.1, 0.15) is 25.3 Å². The number of piperidine rings is 1. The molecule has 28 heavy (non-hydrogen) atoms. The second kappa shape index (κ2) is 6.74. The zero-order chi connectivity index (χ0) is 19.3. The minimum Gasteiger partial charge on any atom is -0.341 e. The monoisotopic (exact) mass is 396 g/mol. The third-order valence-corrected chi connectivity index (χ3v) is 5.92. The summed E-state index contributed by atoms with van der Waals surface area (Å²) in [6.07, 6.45) is 2.92. The summed E-state index contributed by atoms with van der Waals surface area (Å²) in [4.78, 5) is 17.5. The van der Waals surface area contributed by atoms with Gasteiger partial charge in [0.05, 0.1) is 0 Å². The molecule has 2 aromatic heterocycles. The first kappa shape index (κ1) is 17.4. The lowest BCUT2D eigenvalue weighted by atomic mass is 9.99. The molecule has 8 heteroatoms. The van der Waals surface area contributed by atoms with Gasteiger partial charge in [-0.1, -0.05) is 25.1 Å². The maximum absolute atomic E-state index is 13.5. The molecule has 0 bridgehead atoms. The number of aromatic nitrogens is 4. The van der Waals surface area contributed by atoms with E-state index in [4.69, 9.17) is 11.6 Å². The number of halogens is 1. The smallest absolute Gasteiger partial charge is 0.246 e. The van der Waals surface area contributed by atoms with E-state index >= 15 is 0 Å². The van der Waals surface area contributed by atoms with Crippen LogP contribution in [0.15, 0.2) is 36.4 Å². The zero-order valence-corrected chi connectivity index (χ0v) is 16.4. The molecule has 2 aliphatic rings. The van der Waals surface area contributed by atoms with E-state index in [0.29, 0.717) is 23.8 Å². The van der Waals surface area contributed by atoms with Gasteiger partial charge in [0.1, 0.15) is 6.04 Å². The Balaban J connectivity index is 1.56. The number of amides is 1. The summed E-state index contributed by atoms with van der Waals surface area (Å²) < 4.78 is 1.50. The molecular formula is C20H21ClN6O. The topological polar surface area (TPSA) is 66.6 Å². The molecule has 2 aliphatic heterocycles. The van der Waals surface area contributed by atoms with Crippen molar-refractivity contribution in [3.05, 3.63) is 47.2 Å². The van der Waals surface area contributed by atoms with Gasteiger partial charge in [-0.2, -0.15) is 4.52 Å². The van der Waals surface area contributed by atoms with E-state index in [1.165, 1.54) is 10.9 Å². The number of likely N-dealkylation sites (tertiary alicyclic amines) is 1. The van der Waals surface area contributed by atoms with Gasteiger partial charge in [-0.3, -0.25) is 4.79 Å². The highest BCUT2D eigenvalue weighted by atomic mass is 35.5. The molecule has 2 atom stereocenters. The molecular weight excluding hydrogens is 376 g/mol. The zero-order valence-electron chi connectivity index (χ0n) is 15.6. The van der Waals surface area contributed by atoms with Gasteiger partial charge in [0.25, 0.3) is 0 Å². The molecule has 144 valence electrons. The van der Waals surface area contributed by atoms with Gasteiger partial charge < -0.3 is 9.80 Å². The van der Waals surface area contributed by atoms with Gasteiger partial charge in [-0.05, 0) is 54.1 Å². The van der Waals surface area contributed by atoms with Crippen LogP contribution < -0.4 is 4.90 Å². The molecule has 1 amide bonds. The number of nitrogens with zero attached hydrogens (tertiary/aromatic N) is 6. The normalized spacial score (nSPS) is 21.9. The van der Waals surface area contributed by atoms with Crippen LogP contribution in [0.4, 0.5) is 11.5 Å². The number of anilines is 2. The highest BCUT2D eigenvalue weighted by molar-refractivity contribution is 6.28. The van der Waals surface area contributed by atoms with Gasteiger partial charge in [0.2, 0.25) is 11.2 Å². The molecule has 0 spiro atoms. The lowest BCUT2D eigenvalue weighted by molar-refractivity contribution is -0.134. The first-order valence-electron chi connectivity index (χ1n) is 9.65. The van der Waals surface area contributed by atoms with Crippen molar-refractivity contribution in [3.8, 4) is 0 Å². The van der Waals surface area contributed by atoms with Crippen LogP contribution in [0, 0.1) is 5.92 Å². The average Bonchev–Trinajstić information content (AvgIpc) is 3.28. The molecule has 3 aromatic rings. The van der Waals surface area contributed by atoms with E-state index in [0.717, 1.165) is 30.8 Å². The lowest BCUT2D eigenvalue weighted by Crippen LogP contribution is -2.49. The van der Waals surface area contributed by atoms with Crippen molar-refractivity contribution in [2.75, 3.05) is 18.0 Å². The van der Waals surface area contributed by atoms with Crippen LogP contribution >= 0.6 is 11.6 Å². The van der Waals surface area contributed by atoms with Crippen molar-refractivity contribution in [1.82, 2.24) is 24.7 Å². The number of fused-ring (bicyclic) bond motifs is 2. The Hall–Kier alpha value is -2.67. The number of hydrogen-bond donors (Lipinski definition) is 0. The Kier molecular flexibility index (Phi) is 4.19. The average molecular weight is 397 g/mol. The summed E-state index contributed by atoms with van der Waals surface area (Å²) in [7, 11) is 0. The van der Waals surface area contributed by atoms with Crippen molar-refractivity contribution in [1.29, 1.82) is 0 Å². The predicted molar refractivity (Wildman–Crippen MR) is 107 cm³/mol. The van der Waals surface area contributed by atoms with Crippen LogP contribution in [0.3, 0.4) is 0 Å². The van der Waals surface area contributed by atoms with Gasteiger partial charge in [-0.25, -0.2) is 0 Å². The number of hydrogen-bond acceptors (Lipinski definition) is 5. The fourth-order valence-electron chi connectivity index (χ4n) is 4.35. The number of rotatable bonds is 2. The third-order valence-electron chi connectivity index (χ3n) is 5.69. The van der Waals surface area contributed by atoms with E-state index in [2.05, 4.69) is 28.3 Å². The van der Waals surface area contributed by atoms with E-state index in [1.807, 2.05) is 40.1 Å². The van der Waals surface area contributed by atoms with Crippen LogP contribution in [-0.4, -0.2) is 49.7 Å². The highest BCUT2D eigenvalue weighted by Crippen LogP contribution is 2.38. The third kappa shape index (κ3) is 2.81. The molecule has 7 nitrogen and oxygen atoms in total. The summed E-state index contributed by atoms with van der Waals surface area (Å²) >= 11 is 6.12. The fraction of sp³-hybridized carbons (Fsp3) is 0.400. The second-order valence-electron chi connectivity index (χ2n) is 7.68. The van der Waals surface area contributed by atoms with Gasteiger partial charge >= 0.3 is 0 Å². The Labute approximate surface area is 167 Å². The molecule has 0 N–H and O–H groups in total. The first-order chi connectivity index (χ1) is 13.6. The Bertz CT molecular complexity index is 1050. The van der Waals surface area contributed by atoms with E-state index in [9.17, 15) is 4.79 Å². The van der Waals surface area contributed by atoms with Gasteiger partial charge in [0.15, 0.2) is 11.5 Å². The summed E-state index contributed by atoms with van der Waals surface area (Å²) in [5.41, 5.74) is 2.75. The van der Waals surface area contributed by atoms with Crippen LogP contribution in [0.2, 0.25) is 5.28 Å². The SMILES string of the molecule is CC1CCCN(C(=O)C2Cc3ccccc3N2c2ccc3nnc(Cl)n3n2)C1. The maximum Gasteiger partial charge on any atom is 0.246 e. The van der Waals surface area contributed by atoms with Crippen molar-refractivity contribution < 1.29 is 4.79 Å². The summed E-state index contributed by atoms with van der Waals surface area (Å²) in [5, 5.41) is 12.7. The number of benzene rings is 1. The van der Waals surface area contributed by atoms with Crippen molar-refractivity contribution in [2.24, 2.45) is 5.92 Å². The van der Waals surface area contributed by atoms with Crippen LogP contribution in [0.5, 0.6) is 0 Å². The number of carbonyl (C=O) groups excluding carboxylic acids is 1. The van der Waals surface area contributed by atoms with Crippen molar-refractivity contribution in [3.63, 3.8) is 0 Å².